The number of carbonyl (C=O) groups is 1. The predicted molar refractivity (Wildman–Crippen MR) is 69.5 cm³/mol. The van der Waals surface area contributed by atoms with Gasteiger partial charge >= 0.3 is 0 Å². The molecular formula is C14H26N2O. The number of amides is 1. The van der Waals surface area contributed by atoms with E-state index >= 15 is 0 Å². The highest BCUT2D eigenvalue weighted by molar-refractivity contribution is 5.76. The Morgan fingerprint density at radius 2 is 1.94 bits per heavy atom. The molecule has 1 heterocycles. The SMILES string of the molecule is CC(CCN)CCC(=O)N1CC2CCCC2C1. The summed E-state index contributed by atoms with van der Waals surface area (Å²) in [6.07, 6.45) is 6.84. The van der Waals surface area contributed by atoms with Gasteiger partial charge in [0.2, 0.25) is 5.91 Å². The maximum absolute atomic E-state index is 12.1. The Kier molecular flexibility index (Phi) is 4.43. The Hall–Kier alpha value is -0.570. The molecule has 0 aromatic carbocycles. The number of carbonyl (C=O) groups excluding carboxylic acids is 1. The molecule has 3 heteroatoms. The second-order valence-electron chi connectivity index (χ2n) is 5.97. The average Bonchev–Trinajstić information content (AvgIpc) is 2.86. The summed E-state index contributed by atoms with van der Waals surface area (Å²) >= 11 is 0. The molecule has 1 aliphatic carbocycles. The normalized spacial score (nSPS) is 29.4. The number of fused-ring (bicyclic) bond motifs is 1. The molecule has 0 spiro atoms. The fourth-order valence-electron chi connectivity index (χ4n) is 3.40. The van der Waals surface area contributed by atoms with Crippen LogP contribution in [0.2, 0.25) is 0 Å². The molecular weight excluding hydrogens is 212 g/mol. The number of rotatable bonds is 5. The largest absolute Gasteiger partial charge is 0.342 e. The van der Waals surface area contributed by atoms with Crippen molar-refractivity contribution in [3.63, 3.8) is 0 Å². The van der Waals surface area contributed by atoms with Gasteiger partial charge < -0.3 is 10.6 Å². The minimum absolute atomic E-state index is 0.378. The van der Waals surface area contributed by atoms with E-state index in [0.717, 1.165) is 50.7 Å². The van der Waals surface area contributed by atoms with Crippen LogP contribution in [0.25, 0.3) is 0 Å². The van der Waals surface area contributed by atoms with Gasteiger partial charge in [0.25, 0.3) is 0 Å². The zero-order valence-electron chi connectivity index (χ0n) is 11.0. The van der Waals surface area contributed by atoms with Crippen molar-refractivity contribution in [3.8, 4) is 0 Å². The Bertz CT molecular complexity index is 255. The van der Waals surface area contributed by atoms with Gasteiger partial charge in [0.15, 0.2) is 0 Å². The Morgan fingerprint density at radius 1 is 1.29 bits per heavy atom. The Balaban J connectivity index is 1.70. The smallest absolute Gasteiger partial charge is 0.222 e. The monoisotopic (exact) mass is 238 g/mol. The molecule has 2 aliphatic rings. The summed E-state index contributed by atoms with van der Waals surface area (Å²) in [5.41, 5.74) is 5.52. The summed E-state index contributed by atoms with van der Waals surface area (Å²) < 4.78 is 0. The number of hydrogen-bond donors (Lipinski definition) is 1. The zero-order chi connectivity index (χ0) is 12.3. The van der Waals surface area contributed by atoms with Crippen LogP contribution in [0.3, 0.4) is 0 Å². The maximum Gasteiger partial charge on any atom is 0.222 e. The lowest BCUT2D eigenvalue weighted by atomic mass is 10.0. The van der Waals surface area contributed by atoms with Gasteiger partial charge in [0, 0.05) is 19.5 Å². The molecule has 1 saturated heterocycles. The van der Waals surface area contributed by atoms with Crippen LogP contribution >= 0.6 is 0 Å². The van der Waals surface area contributed by atoms with Gasteiger partial charge in [-0.15, -0.1) is 0 Å². The topological polar surface area (TPSA) is 46.3 Å². The minimum Gasteiger partial charge on any atom is -0.342 e. The highest BCUT2D eigenvalue weighted by Crippen LogP contribution is 2.37. The highest BCUT2D eigenvalue weighted by atomic mass is 16.2. The molecule has 1 amide bonds. The van der Waals surface area contributed by atoms with E-state index in [1.54, 1.807) is 0 Å². The summed E-state index contributed by atoms with van der Waals surface area (Å²) in [7, 11) is 0. The summed E-state index contributed by atoms with van der Waals surface area (Å²) in [6, 6.07) is 0. The van der Waals surface area contributed by atoms with Gasteiger partial charge in [0.05, 0.1) is 0 Å². The molecule has 0 aromatic heterocycles. The third-order valence-electron chi connectivity index (χ3n) is 4.59. The third-order valence-corrected chi connectivity index (χ3v) is 4.59. The molecule has 0 bridgehead atoms. The maximum atomic E-state index is 12.1. The number of nitrogens with zero attached hydrogens (tertiary/aromatic N) is 1. The minimum atomic E-state index is 0.378. The number of likely N-dealkylation sites (tertiary alicyclic amines) is 1. The number of hydrogen-bond acceptors (Lipinski definition) is 2. The summed E-state index contributed by atoms with van der Waals surface area (Å²) in [6.45, 7) is 5.01. The van der Waals surface area contributed by atoms with Gasteiger partial charge in [-0.1, -0.05) is 13.3 Å². The molecule has 2 rings (SSSR count). The van der Waals surface area contributed by atoms with E-state index in [4.69, 9.17) is 5.73 Å². The van der Waals surface area contributed by atoms with Crippen LogP contribution in [-0.4, -0.2) is 30.4 Å². The molecule has 2 N–H and O–H groups in total. The molecule has 17 heavy (non-hydrogen) atoms. The molecule has 2 fully saturated rings. The van der Waals surface area contributed by atoms with Crippen LogP contribution in [0.15, 0.2) is 0 Å². The van der Waals surface area contributed by atoms with E-state index in [1.807, 2.05) is 0 Å². The third kappa shape index (κ3) is 3.21. The van der Waals surface area contributed by atoms with Crippen LogP contribution in [0.4, 0.5) is 0 Å². The number of nitrogens with two attached hydrogens (primary N) is 1. The molecule has 3 nitrogen and oxygen atoms in total. The lowest BCUT2D eigenvalue weighted by Gasteiger charge is -2.18. The quantitative estimate of drug-likeness (QED) is 0.796. The fourth-order valence-corrected chi connectivity index (χ4v) is 3.40. The summed E-state index contributed by atoms with van der Waals surface area (Å²) in [4.78, 5) is 14.2. The van der Waals surface area contributed by atoms with Crippen LogP contribution in [0.1, 0.15) is 45.4 Å². The fraction of sp³-hybridized carbons (Fsp3) is 0.929. The van der Waals surface area contributed by atoms with E-state index in [0.29, 0.717) is 11.8 Å². The first kappa shape index (κ1) is 12.9. The molecule has 98 valence electrons. The molecule has 0 radical (unpaired) electrons. The molecule has 0 aromatic rings. The first-order chi connectivity index (χ1) is 8.20. The van der Waals surface area contributed by atoms with Crippen molar-refractivity contribution in [2.75, 3.05) is 19.6 Å². The lowest BCUT2D eigenvalue weighted by Crippen LogP contribution is -2.29. The van der Waals surface area contributed by atoms with Gasteiger partial charge in [-0.3, -0.25) is 4.79 Å². The van der Waals surface area contributed by atoms with Crippen molar-refractivity contribution in [2.45, 2.75) is 45.4 Å². The average molecular weight is 238 g/mol. The first-order valence-corrected chi connectivity index (χ1v) is 7.18. The van der Waals surface area contributed by atoms with Crippen molar-refractivity contribution in [1.82, 2.24) is 4.90 Å². The van der Waals surface area contributed by atoms with Crippen LogP contribution in [0.5, 0.6) is 0 Å². The van der Waals surface area contributed by atoms with Gasteiger partial charge in [-0.05, 0) is 50.0 Å². The second-order valence-corrected chi connectivity index (χ2v) is 5.97. The first-order valence-electron chi connectivity index (χ1n) is 7.18. The van der Waals surface area contributed by atoms with Crippen molar-refractivity contribution in [1.29, 1.82) is 0 Å². The van der Waals surface area contributed by atoms with Crippen molar-refractivity contribution in [3.05, 3.63) is 0 Å². The standard InChI is InChI=1S/C14H26N2O/c1-11(7-8-15)5-6-14(17)16-9-12-3-2-4-13(12)10-16/h11-13H,2-10,15H2,1H3. The van der Waals surface area contributed by atoms with Crippen molar-refractivity contribution in [2.24, 2.45) is 23.5 Å². The van der Waals surface area contributed by atoms with Gasteiger partial charge in [-0.2, -0.15) is 0 Å². The van der Waals surface area contributed by atoms with Crippen LogP contribution in [-0.2, 0) is 4.79 Å². The molecule has 1 saturated carbocycles. The van der Waals surface area contributed by atoms with E-state index in [1.165, 1.54) is 19.3 Å². The Morgan fingerprint density at radius 3 is 2.53 bits per heavy atom. The van der Waals surface area contributed by atoms with E-state index in [2.05, 4.69) is 11.8 Å². The molecule has 1 aliphatic heterocycles. The van der Waals surface area contributed by atoms with Crippen molar-refractivity contribution < 1.29 is 4.79 Å². The zero-order valence-corrected chi connectivity index (χ0v) is 11.0. The highest BCUT2D eigenvalue weighted by Gasteiger charge is 2.37. The van der Waals surface area contributed by atoms with Gasteiger partial charge in [-0.25, -0.2) is 0 Å². The van der Waals surface area contributed by atoms with Crippen LogP contribution < -0.4 is 5.73 Å². The molecule has 3 unspecified atom stereocenters. The second kappa shape index (κ2) is 5.85. The van der Waals surface area contributed by atoms with Crippen LogP contribution in [0, 0.1) is 17.8 Å². The van der Waals surface area contributed by atoms with Gasteiger partial charge in [0.1, 0.15) is 0 Å². The predicted octanol–water partition coefficient (Wildman–Crippen LogP) is 2.01. The lowest BCUT2D eigenvalue weighted by molar-refractivity contribution is -0.130. The van der Waals surface area contributed by atoms with E-state index in [9.17, 15) is 4.79 Å². The summed E-state index contributed by atoms with van der Waals surface area (Å²) in [5, 5.41) is 0. The molecule has 3 atom stereocenters. The van der Waals surface area contributed by atoms with E-state index in [-0.39, 0.29) is 0 Å². The van der Waals surface area contributed by atoms with Crippen molar-refractivity contribution >= 4 is 5.91 Å². The van der Waals surface area contributed by atoms with E-state index < -0.39 is 0 Å². The summed E-state index contributed by atoms with van der Waals surface area (Å²) in [5.74, 6) is 2.61. The Labute approximate surface area is 105 Å².